The fourth-order valence-electron chi connectivity index (χ4n) is 4.13. The predicted molar refractivity (Wildman–Crippen MR) is 115 cm³/mol. The number of amides is 1. The maximum atomic E-state index is 13.2. The number of pyridine rings is 1. The van der Waals surface area contributed by atoms with Gasteiger partial charge in [0.05, 0.1) is 22.2 Å². The second-order valence-electron chi connectivity index (χ2n) is 7.93. The lowest BCUT2D eigenvalue weighted by Gasteiger charge is -2.34. The van der Waals surface area contributed by atoms with Crippen molar-refractivity contribution in [2.24, 2.45) is 0 Å². The van der Waals surface area contributed by atoms with Gasteiger partial charge in [-0.05, 0) is 36.6 Å². The summed E-state index contributed by atoms with van der Waals surface area (Å²) >= 11 is 5.90. The molecule has 0 aliphatic heterocycles. The number of hydrogen-bond acceptors (Lipinski definition) is 5. The third kappa shape index (κ3) is 4.84. The highest BCUT2D eigenvalue weighted by molar-refractivity contribution is 6.34. The Labute approximate surface area is 192 Å². The first kappa shape index (κ1) is 23.1. The average molecular weight is 477 g/mol. The topological polar surface area (TPSA) is 88.0 Å². The van der Waals surface area contributed by atoms with Gasteiger partial charge in [-0.15, -0.1) is 0 Å². The van der Waals surface area contributed by atoms with E-state index in [0.717, 1.165) is 19.0 Å². The van der Waals surface area contributed by atoms with Crippen LogP contribution in [0.25, 0.3) is 11.4 Å². The summed E-state index contributed by atoms with van der Waals surface area (Å²) < 4.78 is 39.7. The van der Waals surface area contributed by atoms with Gasteiger partial charge in [0, 0.05) is 24.2 Å². The van der Waals surface area contributed by atoms with Crippen molar-refractivity contribution in [2.75, 3.05) is 0 Å². The van der Waals surface area contributed by atoms with Crippen molar-refractivity contribution in [3.05, 3.63) is 76.8 Å². The van der Waals surface area contributed by atoms with Gasteiger partial charge in [-0.25, -0.2) is 15.0 Å². The van der Waals surface area contributed by atoms with Crippen molar-refractivity contribution in [3.8, 4) is 11.4 Å². The van der Waals surface area contributed by atoms with Gasteiger partial charge in [0.25, 0.3) is 5.91 Å². The highest BCUT2D eigenvalue weighted by Crippen LogP contribution is 2.41. The van der Waals surface area contributed by atoms with Gasteiger partial charge in [-0.3, -0.25) is 4.79 Å². The van der Waals surface area contributed by atoms with Gasteiger partial charge in [-0.1, -0.05) is 42.6 Å². The summed E-state index contributed by atoms with van der Waals surface area (Å²) in [6, 6.07) is 8.51. The first-order valence-electron chi connectivity index (χ1n) is 10.3. The van der Waals surface area contributed by atoms with Crippen LogP contribution in [0.1, 0.15) is 53.3 Å². The molecule has 6 nitrogen and oxygen atoms in total. The summed E-state index contributed by atoms with van der Waals surface area (Å²) in [5.74, 6) is -0.441. The van der Waals surface area contributed by atoms with Gasteiger partial charge < -0.3 is 10.4 Å². The zero-order valence-electron chi connectivity index (χ0n) is 17.3. The molecule has 172 valence electrons. The largest absolute Gasteiger partial charge is 0.417 e. The van der Waals surface area contributed by atoms with Crippen LogP contribution in [0.3, 0.4) is 0 Å². The Morgan fingerprint density at radius 1 is 1.06 bits per heavy atom. The van der Waals surface area contributed by atoms with Crippen LogP contribution in [-0.2, 0) is 6.18 Å². The molecule has 2 heterocycles. The Hall–Kier alpha value is -3.04. The molecule has 0 bridgehead atoms. The number of aliphatic hydroxyl groups is 1. The van der Waals surface area contributed by atoms with Crippen molar-refractivity contribution in [3.63, 3.8) is 0 Å². The van der Waals surface area contributed by atoms with Crippen molar-refractivity contribution in [2.45, 2.75) is 43.5 Å². The highest BCUT2D eigenvalue weighted by Gasteiger charge is 2.42. The lowest BCUT2D eigenvalue weighted by Crippen LogP contribution is -2.44. The zero-order valence-corrected chi connectivity index (χ0v) is 18.1. The van der Waals surface area contributed by atoms with E-state index in [1.807, 2.05) is 0 Å². The maximum absolute atomic E-state index is 13.2. The minimum absolute atomic E-state index is 0.424. The summed E-state index contributed by atoms with van der Waals surface area (Å²) in [7, 11) is 0. The fraction of sp³-hybridized carbons (Fsp3) is 0.304. The molecular formula is C23H20ClF3N4O2. The number of benzene rings is 1. The highest BCUT2D eigenvalue weighted by atomic mass is 35.5. The van der Waals surface area contributed by atoms with Gasteiger partial charge in [0.15, 0.2) is 5.82 Å². The van der Waals surface area contributed by atoms with E-state index in [1.165, 1.54) is 0 Å². The normalized spacial score (nSPS) is 16.4. The van der Waals surface area contributed by atoms with Gasteiger partial charge >= 0.3 is 6.18 Å². The molecule has 4 rings (SSSR count). The van der Waals surface area contributed by atoms with Crippen LogP contribution in [-0.4, -0.2) is 31.6 Å². The number of carbonyl (C=O) groups is 1. The predicted octanol–water partition coefficient (Wildman–Crippen LogP) is 4.99. The Morgan fingerprint density at radius 2 is 1.76 bits per heavy atom. The molecular weight excluding hydrogens is 457 g/mol. The molecule has 0 unspecified atom stereocenters. The SMILES string of the molecule is O=C(N[C@@H](c1cccc(-c2ncccn2)c1)C1(O)CCCC1)c1nccc(C(F)(F)F)c1Cl. The molecule has 2 N–H and O–H groups in total. The molecule has 0 spiro atoms. The molecule has 1 fully saturated rings. The van der Waals surface area contributed by atoms with E-state index in [-0.39, 0.29) is 0 Å². The Morgan fingerprint density at radius 3 is 2.42 bits per heavy atom. The number of hydrogen-bond donors (Lipinski definition) is 2. The van der Waals surface area contributed by atoms with Gasteiger partial charge in [0.1, 0.15) is 5.69 Å². The van der Waals surface area contributed by atoms with Gasteiger partial charge in [-0.2, -0.15) is 13.2 Å². The Balaban J connectivity index is 1.71. The molecule has 10 heteroatoms. The van der Waals surface area contributed by atoms with Crippen LogP contribution in [0.5, 0.6) is 0 Å². The summed E-state index contributed by atoms with van der Waals surface area (Å²) in [6.07, 6.45) is 1.71. The van der Waals surface area contributed by atoms with Crippen molar-refractivity contribution >= 4 is 17.5 Å². The lowest BCUT2D eigenvalue weighted by atomic mass is 9.86. The van der Waals surface area contributed by atoms with Crippen LogP contribution in [0.15, 0.2) is 55.0 Å². The number of nitrogens with one attached hydrogen (secondary N) is 1. The van der Waals surface area contributed by atoms with Crippen LogP contribution >= 0.6 is 11.6 Å². The molecule has 33 heavy (non-hydrogen) atoms. The van der Waals surface area contributed by atoms with Crippen LogP contribution < -0.4 is 5.32 Å². The molecule has 3 aromatic rings. The first-order chi connectivity index (χ1) is 15.7. The third-order valence-corrected chi connectivity index (χ3v) is 6.12. The van der Waals surface area contributed by atoms with Crippen LogP contribution in [0.2, 0.25) is 5.02 Å². The number of halogens is 4. The molecule has 1 saturated carbocycles. The molecule has 1 atom stereocenters. The number of alkyl halides is 3. The third-order valence-electron chi connectivity index (χ3n) is 5.74. The number of nitrogens with zero attached hydrogens (tertiary/aromatic N) is 3. The standard InChI is InChI=1S/C23H20ClF3N4O2/c24-17-16(23(25,26)27)7-12-28-18(17)21(32)31-19(22(33)8-1-2-9-22)14-5-3-6-15(13-14)20-29-10-4-11-30-20/h3-7,10-13,19,33H,1-2,8-9H2,(H,31,32)/t19-/m0/s1. The fourth-order valence-corrected chi connectivity index (χ4v) is 4.43. The average Bonchev–Trinajstić information content (AvgIpc) is 3.24. The zero-order chi connectivity index (χ0) is 23.6. The number of aromatic nitrogens is 3. The summed E-state index contributed by atoms with van der Waals surface area (Å²) in [4.78, 5) is 25.2. The Kier molecular flexibility index (Phi) is 6.36. The number of carbonyl (C=O) groups excluding carboxylic acids is 1. The van der Waals surface area contributed by atoms with E-state index in [0.29, 0.717) is 35.9 Å². The second-order valence-corrected chi connectivity index (χ2v) is 8.31. The molecule has 0 saturated heterocycles. The van der Waals surface area contributed by atoms with E-state index in [9.17, 15) is 23.1 Å². The van der Waals surface area contributed by atoms with E-state index >= 15 is 0 Å². The van der Waals surface area contributed by atoms with E-state index in [4.69, 9.17) is 11.6 Å². The first-order valence-corrected chi connectivity index (χ1v) is 10.7. The Bertz CT molecular complexity index is 1150. The monoisotopic (exact) mass is 476 g/mol. The molecule has 1 aliphatic rings. The van der Waals surface area contributed by atoms with E-state index < -0.39 is 40.0 Å². The molecule has 0 radical (unpaired) electrons. The van der Waals surface area contributed by atoms with Crippen molar-refractivity contribution in [1.29, 1.82) is 0 Å². The lowest BCUT2D eigenvalue weighted by molar-refractivity contribution is -0.137. The molecule has 1 amide bonds. The van der Waals surface area contributed by atoms with Gasteiger partial charge in [0.2, 0.25) is 0 Å². The van der Waals surface area contributed by atoms with Crippen molar-refractivity contribution in [1.82, 2.24) is 20.3 Å². The summed E-state index contributed by atoms with van der Waals surface area (Å²) in [5, 5.41) is 13.2. The van der Waals surface area contributed by atoms with Crippen molar-refractivity contribution < 1.29 is 23.1 Å². The quantitative estimate of drug-likeness (QED) is 0.542. The summed E-state index contributed by atoms with van der Waals surface area (Å²) in [5.41, 5.74) is -1.74. The minimum atomic E-state index is -4.73. The van der Waals surface area contributed by atoms with Crippen LogP contribution in [0, 0.1) is 0 Å². The summed E-state index contributed by atoms with van der Waals surface area (Å²) in [6.45, 7) is 0. The second kappa shape index (κ2) is 9.07. The smallest absolute Gasteiger partial charge is 0.387 e. The van der Waals surface area contributed by atoms with E-state index in [1.54, 1.807) is 42.7 Å². The minimum Gasteiger partial charge on any atom is -0.387 e. The molecule has 1 aliphatic carbocycles. The van der Waals surface area contributed by atoms with Crippen LogP contribution in [0.4, 0.5) is 13.2 Å². The molecule has 2 aromatic heterocycles. The molecule has 1 aromatic carbocycles. The maximum Gasteiger partial charge on any atom is 0.417 e. The number of rotatable bonds is 5. The van der Waals surface area contributed by atoms with E-state index in [2.05, 4.69) is 20.3 Å².